The van der Waals surface area contributed by atoms with E-state index in [-0.39, 0.29) is 25.5 Å². The maximum absolute atomic E-state index is 12.8. The number of hydrogen-bond donors (Lipinski definition) is 1. The Balaban J connectivity index is 2.19. The maximum Gasteiger partial charge on any atom is 0.255 e. The third-order valence-corrected chi connectivity index (χ3v) is 4.02. The molecule has 0 unspecified atom stereocenters. The second-order valence-electron chi connectivity index (χ2n) is 6.11. The number of carbonyl (C=O) groups excluding carboxylic acids is 2. The van der Waals surface area contributed by atoms with Crippen LogP contribution in [0.3, 0.4) is 0 Å². The molecule has 132 valence electrons. The number of pyridine rings is 1. The maximum atomic E-state index is 12.8. The van der Waals surface area contributed by atoms with Crippen LogP contribution >= 0.6 is 0 Å². The molecule has 8 heteroatoms. The first-order valence-electron chi connectivity index (χ1n) is 7.71. The van der Waals surface area contributed by atoms with Crippen molar-refractivity contribution in [2.45, 2.75) is 12.0 Å². The number of rotatable bonds is 5. The molecule has 2 heterocycles. The van der Waals surface area contributed by atoms with Gasteiger partial charge >= 0.3 is 0 Å². The van der Waals surface area contributed by atoms with Gasteiger partial charge in [-0.05, 0) is 12.1 Å². The number of primary amides is 1. The van der Waals surface area contributed by atoms with E-state index in [9.17, 15) is 9.59 Å². The SMILES string of the molecule is CO[C@@]1(CC(N)=O)COCCN(C(=O)c2ccc(N(C)C)nc2)C1. The van der Waals surface area contributed by atoms with E-state index in [0.29, 0.717) is 18.7 Å². The summed E-state index contributed by atoms with van der Waals surface area (Å²) < 4.78 is 11.0. The van der Waals surface area contributed by atoms with E-state index in [1.54, 1.807) is 23.2 Å². The largest absolute Gasteiger partial charge is 0.377 e. The zero-order valence-corrected chi connectivity index (χ0v) is 14.3. The van der Waals surface area contributed by atoms with Crippen LogP contribution in [-0.4, -0.2) is 74.8 Å². The minimum absolute atomic E-state index is 0.00883. The molecule has 1 aromatic rings. The fraction of sp³-hybridized carbons (Fsp3) is 0.562. The summed E-state index contributed by atoms with van der Waals surface area (Å²) in [7, 11) is 5.26. The summed E-state index contributed by atoms with van der Waals surface area (Å²) in [6, 6.07) is 3.52. The molecule has 0 aromatic carbocycles. The Bertz CT molecular complexity index is 590. The summed E-state index contributed by atoms with van der Waals surface area (Å²) in [5.74, 6) is 0.0988. The van der Waals surface area contributed by atoms with Gasteiger partial charge in [-0.15, -0.1) is 0 Å². The van der Waals surface area contributed by atoms with E-state index in [0.717, 1.165) is 5.82 Å². The highest BCUT2D eigenvalue weighted by molar-refractivity contribution is 5.94. The summed E-state index contributed by atoms with van der Waals surface area (Å²) in [4.78, 5) is 31.9. The van der Waals surface area contributed by atoms with E-state index < -0.39 is 11.5 Å². The fourth-order valence-corrected chi connectivity index (χ4v) is 2.66. The standard InChI is InChI=1S/C16H24N4O4/c1-19(2)14-5-4-12(9-18-14)15(22)20-6-7-24-11-16(10-20,23-3)8-13(17)21/h4-5,9H,6-8,10-11H2,1-3H3,(H2,17,21)/t16-/m1/s1. The van der Waals surface area contributed by atoms with Crippen molar-refractivity contribution < 1.29 is 19.1 Å². The summed E-state index contributed by atoms with van der Waals surface area (Å²) >= 11 is 0. The van der Waals surface area contributed by atoms with Gasteiger partial charge in [-0.25, -0.2) is 4.98 Å². The van der Waals surface area contributed by atoms with Gasteiger partial charge in [0.05, 0.1) is 31.7 Å². The lowest BCUT2D eigenvalue weighted by atomic mass is 9.99. The van der Waals surface area contributed by atoms with Crippen LogP contribution in [0.15, 0.2) is 18.3 Å². The lowest BCUT2D eigenvalue weighted by Crippen LogP contribution is -2.50. The fourth-order valence-electron chi connectivity index (χ4n) is 2.66. The summed E-state index contributed by atoms with van der Waals surface area (Å²) in [5, 5.41) is 0. The quantitative estimate of drug-likeness (QED) is 0.805. The average molecular weight is 336 g/mol. The molecule has 1 aromatic heterocycles. The molecule has 24 heavy (non-hydrogen) atoms. The Hall–Kier alpha value is -2.19. The molecule has 2 rings (SSSR count). The number of hydrogen-bond acceptors (Lipinski definition) is 6. The van der Waals surface area contributed by atoms with Gasteiger partial charge in [0.25, 0.3) is 5.91 Å². The van der Waals surface area contributed by atoms with Crippen LogP contribution in [0.2, 0.25) is 0 Å². The Morgan fingerprint density at radius 1 is 1.46 bits per heavy atom. The third-order valence-electron chi connectivity index (χ3n) is 4.02. The first-order valence-corrected chi connectivity index (χ1v) is 7.71. The smallest absolute Gasteiger partial charge is 0.255 e. The van der Waals surface area contributed by atoms with E-state index in [1.165, 1.54) is 7.11 Å². The number of ether oxygens (including phenoxy) is 2. The summed E-state index contributed by atoms with van der Waals surface area (Å²) in [5.41, 5.74) is 4.88. The number of anilines is 1. The second kappa shape index (κ2) is 7.59. The molecule has 0 bridgehead atoms. The van der Waals surface area contributed by atoms with E-state index >= 15 is 0 Å². The van der Waals surface area contributed by atoms with Gasteiger partial charge in [-0.2, -0.15) is 0 Å². The van der Waals surface area contributed by atoms with Crippen LogP contribution in [0.5, 0.6) is 0 Å². The highest BCUT2D eigenvalue weighted by atomic mass is 16.5. The molecule has 8 nitrogen and oxygen atoms in total. The molecule has 1 aliphatic rings. The number of amides is 2. The lowest BCUT2D eigenvalue weighted by molar-refractivity contribution is -0.129. The Morgan fingerprint density at radius 3 is 2.75 bits per heavy atom. The summed E-state index contributed by atoms with van der Waals surface area (Å²) in [6.07, 6.45) is 1.54. The van der Waals surface area contributed by atoms with Crippen LogP contribution in [-0.2, 0) is 14.3 Å². The molecule has 0 saturated carbocycles. The van der Waals surface area contributed by atoms with E-state index in [4.69, 9.17) is 15.2 Å². The Labute approximate surface area is 141 Å². The van der Waals surface area contributed by atoms with Crippen LogP contribution < -0.4 is 10.6 Å². The first-order chi connectivity index (χ1) is 11.4. The Kier molecular flexibility index (Phi) is 5.74. The second-order valence-corrected chi connectivity index (χ2v) is 6.11. The topological polar surface area (TPSA) is 98.0 Å². The van der Waals surface area contributed by atoms with Crippen molar-refractivity contribution in [3.8, 4) is 0 Å². The van der Waals surface area contributed by atoms with Crippen molar-refractivity contribution in [2.75, 3.05) is 52.4 Å². The minimum Gasteiger partial charge on any atom is -0.377 e. The van der Waals surface area contributed by atoms with E-state index in [2.05, 4.69) is 4.98 Å². The predicted octanol–water partition coefficient (Wildman–Crippen LogP) is -0.119. The van der Waals surface area contributed by atoms with Crippen molar-refractivity contribution in [3.63, 3.8) is 0 Å². The zero-order chi connectivity index (χ0) is 17.7. The minimum atomic E-state index is -0.922. The number of nitrogens with zero attached hydrogens (tertiary/aromatic N) is 3. The van der Waals surface area contributed by atoms with Crippen molar-refractivity contribution >= 4 is 17.6 Å². The van der Waals surface area contributed by atoms with Crippen LogP contribution in [0.4, 0.5) is 5.82 Å². The van der Waals surface area contributed by atoms with Crippen LogP contribution in [0.25, 0.3) is 0 Å². The third kappa shape index (κ3) is 4.21. The molecular weight excluding hydrogens is 312 g/mol. The molecule has 1 fully saturated rings. The molecule has 2 N–H and O–H groups in total. The van der Waals surface area contributed by atoms with Gasteiger partial charge in [0.15, 0.2) is 0 Å². The van der Waals surface area contributed by atoms with Gasteiger partial charge in [0, 0.05) is 33.9 Å². The molecule has 0 spiro atoms. The molecule has 1 aliphatic heterocycles. The van der Waals surface area contributed by atoms with Crippen molar-refractivity contribution in [1.82, 2.24) is 9.88 Å². The van der Waals surface area contributed by atoms with Gasteiger partial charge in [-0.1, -0.05) is 0 Å². The normalized spacial score (nSPS) is 21.2. The lowest BCUT2D eigenvalue weighted by Gasteiger charge is -2.33. The molecule has 1 saturated heterocycles. The molecule has 0 aliphatic carbocycles. The average Bonchev–Trinajstić information content (AvgIpc) is 2.77. The number of methoxy groups -OCH3 is 1. The summed E-state index contributed by atoms with van der Waals surface area (Å²) in [6.45, 7) is 1.24. The van der Waals surface area contributed by atoms with E-state index in [1.807, 2.05) is 19.0 Å². The highest BCUT2D eigenvalue weighted by Gasteiger charge is 2.38. The van der Waals surface area contributed by atoms with Crippen molar-refractivity contribution in [1.29, 1.82) is 0 Å². The zero-order valence-electron chi connectivity index (χ0n) is 14.3. The molecular formula is C16H24N4O4. The van der Waals surface area contributed by atoms with Gasteiger partial charge in [0.2, 0.25) is 5.91 Å². The van der Waals surface area contributed by atoms with Crippen LogP contribution in [0, 0.1) is 0 Å². The van der Waals surface area contributed by atoms with Gasteiger partial charge in [0.1, 0.15) is 11.4 Å². The van der Waals surface area contributed by atoms with Crippen molar-refractivity contribution in [2.24, 2.45) is 5.73 Å². The molecule has 0 radical (unpaired) electrons. The van der Waals surface area contributed by atoms with Crippen LogP contribution in [0.1, 0.15) is 16.8 Å². The highest BCUT2D eigenvalue weighted by Crippen LogP contribution is 2.22. The number of nitrogens with two attached hydrogens (primary N) is 1. The van der Waals surface area contributed by atoms with Crippen molar-refractivity contribution in [3.05, 3.63) is 23.9 Å². The molecule has 1 atom stereocenters. The van der Waals surface area contributed by atoms with Gasteiger partial charge in [-0.3, -0.25) is 9.59 Å². The first kappa shape index (κ1) is 18.2. The number of aromatic nitrogens is 1. The Morgan fingerprint density at radius 2 is 2.21 bits per heavy atom. The number of carbonyl (C=O) groups is 2. The van der Waals surface area contributed by atoms with Gasteiger partial charge < -0.3 is 25.0 Å². The molecule has 2 amide bonds. The monoisotopic (exact) mass is 336 g/mol. The predicted molar refractivity (Wildman–Crippen MR) is 88.8 cm³/mol.